The molecular formula is C56H57Br3ClN7O6. The molecule has 6 aromatic carbocycles. The van der Waals surface area contributed by atoms with Gasteiger partial charge in [0.05, 0.1) is 17.3 Å². The molecule has 0 atom stereocenters. The SMILES string of the molecule is Cl.N#Cc1ccc2c(c1)NC(=O)CCC2.NCc1ccc2c(c1)N(c1c(N)c(=O)c1=O)CCCC2.O/N=C1/CCCc2ccc(Br)cc21.O=C1CCCc2ccc(Br)cc21.O=C1CCCc2ccc(Br)cc2N1. The third-order valence-corrected chi connectivity index (χ3v) is 14.6. The summed E-state index contributed by atoms with van der Waals surface area (Å²) >= 11 is 10.2. The van der Waals surface area contributed by atoms with E-state index in [4.69, 9.17) is 21.9 Å². The Kier molecular flexibility index (Phi) is 20.7. The van der Waals surface area contributed by atoms with Gasteiger partial charge in [-0.15, -0.1) is 12.4 Å². The average Bonchev–Trinajstić information content (AvgIpc) is 3.80. The van der Waals surface area contributed by atoms with E-state index in [1.54, 1.807) is 12.1 Å². The van der Waals surface area contributed by atoms with Gasteiger partial charge in [-0.2, -0.15) is 5.26 Å². The molecular weight excluding hydrogens is 1140 g/mol. The Morgan fingerprint density at radius 1 is 0.589 bits per heavy atom. The van der Waals surface area contributed by atoms with Gasteiger partial charge in [0.15, 0.2) is 5.78 Å². The van der Waals surface area contributed by atoms with Crippen LogP contribution in [-0.2, 0) is 48.2 Å². The lowest BCUT2D eigenvalue weighted by atomic mass is 9.90. The standard InChI is InChI=1S/C15H17N3O2.C11H10N2O.2C10H10BrNO.C10H9BrO.ClH/c16-8-9-4-5-10-3-1-2-6-18(11(10)7-9)13-12(17)14(19)15(13)20;12-7-8-4-5-9-2-1-3-11(14)13-10(9)6-8;11-8-5-4-7-2-1-3-10(13)12-9(7)6-8;11-8-5-4-7-2-1-3-10(12-13)9(7)6-8;11-8-5-4-7-2-1-3-10(12)9(7)6-8;/h4-5,7H,1-3,6,8,16-17H2;4-6H,1-3H2,(H,13,14);4-6H,1-3H2,(H,12,13);4-6,13H,1-3H2;4-6H,1-3H2;1H/b;;;12-10-;;. The summed E-state index contributed by atoms with van der Waals surface area (Å²) in [7, 11) is 0. The molecule has 0 radical (unpaired) electrons. The number of anilines is 5. The van der Waals surface area contributed by atoms with Gasteiger partial charge in [0.1, 0.15) is 11.4 Å². The van der Waals surface area contributed by atoms with Crippen LogP contribution >= 0.6 is 60.2 Å². The summed E-state index contributed by atoms with van der Waals surface area (Å²) in [6.45, 7) is 1.15. The lowest BCUT2D eigenvalue weighted by Crippen LogP contribution is -2.41. The number of nitrogens with one attached hydrogen (secondary N) is 2. The molecule has 380 valence electrons. The van der Waals surface area contributed by atoms with Crippen LogP contribution in [0, 0.1) is 11.3 Å². The zero-order chi connectivity index (χ0) is 51.3. The first kappa shape index (κ1) is 56.3. The molecule has 2 aliphatic carbocycles. The van der Waals surface area contributed by atoms with Crippen LogP contribution in [0.4, 0.5) is 28.4 Å². The van der Waals surface area contributed by atoms with Crippen molar-refractivity contribution in [1.82, 2.24) is 0 Å². The molecule has 11 rings (SSSR count). The minimum atomic E-state index is -0.569. The first-order chi connectivity index (χ1) is 34.8. The maximum Gasteiger partial charge on any atom is 0.253 e. The van der Waals surface area contributed by atoms with Crippen LogP contribution in [0.15, 0.2) is 119 Å². The van der Waals surface area contributed by atoms with Crippen LogP contribution in [0.5, 0.6) is 0 Å². The van der Waals surface area contributed by atoms with Gasteiger partial charge in [-0.05, 0) is 165 Å². The van der Waals surface area contributed by atoms with E-state index < -0.39 is 10.9 Å². The predicted octanol–water partition coefficient (Wildman–Crippen LogP) is 11.7. The number of Topliss-reactive ketones (excluding diaryl/α,β-unsaturated/α-hetero) is 1. The second kappa shape index (κ2) is 26.8. The van der Waals surface area contributed by atoms with Crippen molar-refractivity contribution < 1.29 is 19.6 Å². The molecule has 0 saturated heterocycles. The van der Waals surface area contributed by atoms with Gasteiger partial charge in [-0.25, -0.2) is 0 Å². The molecule has 0 aromatic heterocycles. The fraction of sp³-hybridized carbons (Fsp3) is 0.304. The second-order valence-corrected chi connectivity index (χ2v) is 20.8. The predicted molar refractivity (Wildman–Crippen MR) is 303 cm³/mol. The van der Waals surface area contributed by atoms with Crippen LogP contribution in [0.2, 0.25) is 0 Å². The first-order valence-electron chi connectivity index (χ1n) is 24.2. The molecule has 0 saturated carbocycles. The number of rotatable bonds is 2. The number of nitrogens with zero attached hydrogens (tertiary/aromatic N) is 3. The molecule has 0 bridgehead atoms. The monoisotopic (exact) mass is 1200 g/mol. The molecule has 6 aromatic rings. The van der Waals surface area contributed by atoms with Gasteiger partial charge >= 0.3 is 0 Å². The fourth-order valence-electron chi connectivity index (χ4n) is 9.29. The molecule has 0 spiro atoms. The van der Waals surface area contributed by atoms with E-state index in [1.165, 1.54) is 22.3 Å². The Bertz CT molecular complexity index is 3150. The minimum Gasteiger partial charge on any atom is -0.411 e. The van der Waals surface area contributed by atoms with Crippen molar-refractivity contribution in [1.29, 1.82) is 5.26 Å². The zero-order valence-electron chi connectivity index (χ0n) is 40.2. The van der Waals surface area contributed by atoms with Gasteiger partial charge < -0.3 is 32.2 Å². The van der Waals surface area contributed by atoms with Crippen molar-refractivity contribution >= 4 is 112 Å². The van der Waals surface area contributed by atoms with E-state index in [-0.39, 0.29) is 35.7 Å². The Balaban J connectivity index is 0.000000150. The third-order valence-electron chi connectivity index (χ3n) is 13.1. The summed E-state index contributed by atoms with van der Waals surface area (Å²) in [6.07, 6.45) is 13.7. The average molecular weight is 1200 g/mol. The normalized spacial score (nSPS) is 15.8. The first-order valence-corrected chi connectivity index (χ1v) is 26.5. The van der Waals surface area contributed by atoms with E-state index in [9.17, 15) is 24.0 Å². The highest BCUT2D eigenvalue weighted by atomic mass is 79.9. The second-order valence-electron chi connectivity index (χ2n) is 18.1. The number of aryl methyl sites for hydroxylation is 5. The van der Waals surface area contributed by atoms with Gasteiger partial charge in [0.25, 0.3) is 10.9 Å². The summed E-state index contributed by atoms with van der Waals surface area (Å²) in [5.41, 5.74) is 23.9. The Labute approximate surface area is 456 Å². The van der Waals surface area contributed by atoms with Crippen molar-refractivity contribution in [3.05, 3.63) is 175 Å². The zero-order valence-corrected chi connectivity index (χ0v) is 45.8. The summed E-state index contributed by atoms with van der Waals surface area (Å²) in [6, 6.07) is 31.7. The van der Waals surface area contributed by atoms with Crippen LogP contribution in [0.3, 0.4) is 0 Å². The van der Waals surface area contributed by atoms with Crippen molar-refractivity contribution in [2.45, 2.75) is 103 Å². The number of halogens is 4. The van der Waals surface area contributed by atoms with E-state index in [1.807, 2.05) is 65.6 Å². The molecule has 5 aliphatic rings. The number of benzene rings is 5. The van der Waals surface area contributed by atoms with Crippen molar-refractivity contribution in [2.24, 2.45) is 10.9 Å². The van der Waals surface area contributed by atoms with E-state index >= 15 is 0 Å². The van der Waals surface area contributed by atoms with E-state index in [0.29, 0.717) is 43.6 Å². The topological polar surface area (TPSA) is 221 Å². The number of ketones is 1. The lowest BCUT2D eigenvalue weighted by Gasteiger charge is -2.27. The molecule has 17 heteroatoms. The van der Waals surface area contributed by atoms with Crippen LogP contribution in [-0.4, -0.2) is 35.1 Å². The van der Waals surface area contributed by atoms with Gasteiger partial charge in [0, 0.05) is 74.0 Å². The summed E-state index contributed by atoms with van der Waals surface area (Å²) < 4.78 is 3.04. The van der Waals surface area contributed by atoms with Crippen LogP contribution in [0.25, 0.3) is 0 Å². The van der Waals surface area contributed by atoms with Gasteiger partial charge in [0.2, 0.25) is 11.8 Å². The molecule has 0 unspecified atom stereocenters. The molecule has 73 heavy (non-hydrogen) atoms. The quantitative estimate of drug-likeness (QED) is 0.0627. The van der Waals surface area contributed by atoms with Crippen molar-refractivity contribution in [2.75, 3.05) is 27.8 Å². The number of nitrogen functional groups attached to an aromatic ring is 1. The summed E-state index contributed by atoms with van der Waals surface area (Å²) in [5, 5.41) is 26.5. The lowest BCUT2D eigenvalue weighted by molar-refractivity contribution is -0.117. The minimum absolute atomic E-state index is 0. The molecule has 3 aliphatic heterocycles. The smallest absolute Gasteiger partial charge is 0.253 e. The highest BCUT2D eigenvalue weighted by Gasteiger charge is 2.27. The van der Waals surface area contributed by atoms with Crippen LogP contribution < -0.4 is 37.9 Å². The molecule has 13 nitrogen and oxygen atoms in total. The van der Waals surface area contributed by atoms with Gasteiger partial charge in [-0.3, -0.25) is 24.0 Å². The van der Waals surface area contributed by atoms with Crippen LogP contribution in [0.1, 0.15) is 119 Å². The van der Waals surface area contributed by atoms with Gasteiger partial charge in [-0.1, -0.05) is 89.3 Å². The Morgan fingerprint density at radius 3 is 1.73 bits per heavy atom. The van der Waals surface area contributed by atoms with E-state index in [0.717, 1.165) is 135 Å². The highest BCUT2D eigenvalue weighted by molar-refractivity contribution is 9.11. The highest BCUT2D eigenvalue weighted by Crippen LogP contribution is 2.35. The number of fused-ring (bicyclic) bond motifs is 5. The van der Waals surface area contributed by atoms with Crippen molar-refractivity contribution in [3.8, 4) is 6.07 Å². The number of nitrogens with two attached hydrogens (primary N) is 2. The largest absolute Gasteiger partial charge is 0.411 e. The molecule has 0 fully saturated rings. The number of hydrogen-bond acceptors (Lipinski definition) is 11. The van der Waals surface area contributed by atoms with Crippen molar-refractivity contribution in [3.63, 3.8) is 0 Å². The number of amides is 2. The number of carbonyl (C=O) groups excluding carboxylic acids is 3. The summed E-state index contributed by atoms with van der Waals surface area (Å²) in [4.78, 5) is 58.9. The molecule has 7 N–H and O–H groups in total. The number of hydrogen-bond donors (Lipinski definition) is 5. The number of nitriles is 1. The maximum absolute atomic E-state index is 11.8. The Morgan fingerprint density at radius 2 is 1.11 bits per heavy atom. The summed E-state index contributed by atoms with van der Waals surface area (Å²) in [5.74, 6) is 0.452. The number of carbonyl (C=O) groups is 3. The third kappa shape index (κ3) is 14.6. The molecule has 3 heterocycles. The Hall–Kier alpha value is -5.96. The maximum atomic E-state index is 11.8. The fourth-order valence-corrected chi connectivity index (χ4v) is 10.4. The number of oxime groups is 1. The molecule has 2 amide bonds. The van der Waals surface area contributed by atoms with E-state index in [2.05, 4.69) is 87.8 Å².